The van der Waals surface area contributed by atoms with Gasteiger partial charge in [0, 0.05) is 24.0 Å². The van der Waals surface area contributed by atoms with Crippen LogP contribution in [0.3, 0.4) is 0 Å². The van der Waals surface area contributed by atoms with Gasteiger partial charge in [-0.2, -0.15) is 5.10 Å². The Morgan fingerprint density at radius 1 is 1.47 bits per heavy atom. The molecule has 8 heteroatoms. The van der Waals surface area contributed by atoms with E-state index in [2.05, 4.69) is 14.9 Å². The second-order valence-corrected chi connectivity index (χ2v) is 5.60. The van der Waals surface area contributed by atoms with Crippen molar-refractivity contribution in [2.45, 2.75) is 11.4 Å². The average Bonchev–Trinajstić information content (AvgIpc) is 2.91. The van der Waals surface area contributed by atoms with Crippen LogP contribution in [0.5, 0.6) is 5.75 Å². The number of nitrogens with one attached hydrogen (secondary N) is 2. The Bertz CT molecular complexity index is 653. The van der Waals surface area contributed by atoms with Gasteiger partial charge in [0.05, 0.1) is 13.3 Å². The fourth-order valence-corrected chi connectivity index (χ4v) is 2.49. The predicted octanol–water partition coefficient (Wildman–Crippen LogP) is 0.479. The predicted molar refractivity (Wildman–Crippen MR) is 70.0 cm³/mol. The Kier molecular flexibility index (Phi) is 3.72. The lowest BCUT2D eigenvalue weighted by atomic mass is 10.2. The topological polar surface area (TPSA) is 110 Å². The number of ether oxygens (including phenoxy) is 1. The number of hydrogen-bond donors (Lipinski definition) is 3. The van der Waals surface area contributed by atoms with Gasteiger partial charge in [-0.1, -0.05) is 0 Å². The SMILES string of the molecule is COc1ccc(N)cc1CNS(=O)(=O)c1cn[nH]c1. The highest BCUT2D eigenvalue weighted by molar-refractivity contribution is 7.89. The zero-order chi connectivity index (χ0) is 13.9. The van der Waals surface area contributed by atoms with E-state index >= 15 is 0 Å². The number of rotatable bonds is 5. The van der Waals surface area contributed by atoms with Crippen molar-refractivity contribution < 1.29 is 13.2 Å². The molecule has 2 rings (SSSR count). The van der Waals surface area contributed by atoms with Gasteiger partial charge in [-0.25, -0.2) is 13.1 Å². The third-order valence-electron chi connectivity index (χ3n) is 2.54. The minimum Gasteiger partial charge on any atom is -0.496 e. The maximum Gasteiger partial charge on any atom is 0.243 e. The molecule has 7 nitrogen and oxygen atoms in total. The molecule has 1 heterocycles. The van der Waals surface area contributed by atoms with Crippen molar-refractivity contribution in [2.24, 2.45) is 0 Å². The number of nitrogens with zero attached hydrogens (tertiary/aromatic N) is 1. The van der Waals surface area contributed by atoms with E-state index in [9.17, 15) is 8.42 Å². The third kappa shape index (κ3) is 3.04. The van der Waals surface area contributed by atoms with Crippen LogP contribution in [0.1, 0.15) is 5.56 Å². The van der Waals surface area contributed by atoms with Crippen LogP contribution in [0.25, 0.3) is 0 Å². The number of nitrogen functional groups attached to an aromatic ring is 1. The molecule has 102 valence electrons. The van der Waals surface area contributed by atoms with Gasteiger partial charge in [0.1, 0.15) is 10.6 Å². The number of H-pyrrole nitrogens is 1. The molecule has 0 atom stereocenters. The molecule has 1 aromatic carbocycles. The van der Waals surface area contributed by atoms with E-state index in [0.717, 1.165) is 0 Å². The van der Waals surface area contributed by atoms with Gasteiger partial charge in [0.25, 0.3) is 0 Å². The van der Waals surface area contributed by atoms with Gasteiger partial charge < -0.3 is 10.5 Å². The van der Waals surface area contributed by atoms with Crippen molar-refractivity contribution in [2.75, 3.05) is 12.8 Å². The molecule has 4 N–H and O–H groups in total. The van der Waals surface area contributed by atoms with Gasteiger partial charge >= 0.3 is 0 Å². The summed E-state index contributed by atoms with van der Waals surface area (Å²) in [5.74, 6) is 0.573. The molecule has 0 fully saturated rings. The number of nitrogens with two attached hydrogens (primary N) is 1. The van der Waals surface area contributed by atoms with Crippen LogP contribution in [0.15, 0.2) is 35.5 Å². The van der Waals surface area contributed by atoms with Crippen LogP contribution in [-0.2, 0) is 16.6 Å². The lowest BCUT2D eigenvalue weighted by Gasteiger charge is -2.10. The molecule has 0 saturated heterocycles. The second kappa shape index (κ2) is 5.29. The Balaban J connectivity index is 2.17. The maximum atomic E-state index is 11.9. The molecule has 0 aliphatic rings. The number of aromatic amines is 1. The Hall–Kier alpha value is -2.06. The first-order valence-electron chi connectivity index (χ1n) is 5.44. The quantitative estimate of drug-likeness (QED) is 0.691. The van der Waals surface area contributed by atoms with Crippen LogP contribution in [0.4, 0.5) is 5.69 Å². The molecule has 0 aliphatic heterocycles. The molecule has 0 bridgehead atoms. The Labute approximate surface area is 110 Å². The van der Waals surface area contributed by atoms with Gasteiger partial charge in [0.2, 0.25) is 10.0 Å². The fraction of sp³-hybridized carbons (Fsp3) is 0.182. The summed E-state index contributed by atoms with van der Waals surface area (Å²) >= 11 is 0. The number of hydrogen-bond acceptors (Lipinski definition) is 5. The molecule has 0 aliphatic carbocycles. The Morgan fingerprint density at radius 3 is 2.89 bits per heavy atom. The van der Waals surface area contributed by atoms with Crippen molar-refractivity contribution in [3.05, 3.63) is 36.2 Å². The third-order valence-corrected chi connectivity index (χ3v) is 3.91. The maximum absolute atomic E-state index is 11.9. The van der Waals surface area contributed by atoms with Crippen molar-refractivity contribution in [3.8, 4) is 5.75 Å². The molecule has 0 spiro atoms. The first kappa shape index (κ1) is 13.4. The van der Waals surface area contributed by atoms with Crippen LogP contribution >= 0.6 is 0 Å². The van der Waals surface area contributed by atoms with Gasteiger partial charge in [-0.15, -0.1) is 0 Å². The van der Waals surface area contributed by atoms with Crippen LogP contribution in [0, 0.1) is 0 Å². The summed E-state index contributed by atoms with van der Waals surface area (Å²) in [5, 5.41) is 6.05. The van der Waals surface area contributed by atoms with Crippen molar-refractivity contribution in [3.63, 3.8) is 0 Å². The van der Waals surface area contributed by atoms with E-state index in [0.29, 0.717) is 17.0 Å². The molecule has 2 aromatic rings. The highest BCUT2D eigenvalue weighted by Crippen LogP contribution is 2.21. The van der Waals surface area contributed by atoms with Crippen molar-refractivity contribution >= 4 is 15.7 Å². The molecule has 19 heavy (non-hydrogen) atoms. The zero-order valence-corrected chi connectivity index (χ0v) is 11.1. The number of methoxy groups -OCH3 is 1. The highest BCUT2D eigenvalue weighted by Gasteiger charge is 2.15. The van der Waals surface area contributed by atoms with Crippen molar-refractivity contribution in [1.82, 2.24) is 14.9 Å². The van der Waals surface area contributed by atoms with Gasteiger partial charge in [-0.3, -0.25) is 5.10 Å². The minimum atomic E-state index is -3.59. The molecule has 0 unspecified atom stereocenters. The molecule has 0 saturated carbocycles. The monoisotopic (exact) mass is 282 g/mol. The number of anilines is 1. The van der Waals surface area contributed by atoms with E-state index < -0.39 is 10.0 Å². The summed E-state index contributed by atoms with van der Waals surface area (Å²) in [4.78, 5) is 0.0790. The lowest BCUT2D eigenvalue weighted by molar-refractivity contribution is 0.409. The van der Waals surface area contributed by atoms with E-state index in [1.807, 2.05) is 0 Å². The number of aromatic nitrogens is 2. The first-order chi connectivity index (χ1) is 9.03. The highest BCUT2D eigenvalue weighted by atomic mass is 32.2. The van der Waals surface area contributed by atoms with Crippen LogP contribution < -0.4 is 15.2 Å². The summed E-state index contributed by atoms with van der Waals surface area (Å²) < 4.78 is 31.4. The first-order valence-corrected chi connectivity index (χ1v) is 6.92. The summed E-state index contributed by atoms with van der Waals surface area (Å²) in [7, 11) is -2.08. The molecule has 0 radical (unpaired) electrons. The zero-order valence-electron chi connectivity index (χ0n) is 10.3. The minimum absolute atomic E-state index is 0.0790. The molecule has 0 amide bonds. The number of benzene rings is 1. The molecular weight excluding hydrogens is 268 g/mol. The average molecular weight is 282 g/mol. The van der Waals surface area contributed by atoms with E-state index in [1.165, 1.54) is 19.5 Å². The van der Waals surface area contributed by atoms with Gasteiger partial charge in [-0.05, 0) is 18.2 Å². The summed E-state index contributed by atoms with van der Waals surface area (Å²) in [5.41, 5.74) is 6.87. The van der Waals surface area contributed by atoms with E-state index in [-0.39, 0.29) is 11.4 Å². The van der Waals surface area contributed by atoms with Crippen molar-refractivity contribution in [1.29, 1.82) is 0 Å². The Morgan fingerprint density at radius 2 is 2.26 bits per heavy atom. The fourth-order valence-electron chi connectivity index (χ4n) is 1.58. The standard InChI is InChI=1S/C11H14N4O3S/c1-18-11-3-2-9(12)4-8(11)5-15-19(16,17)10-6-13-14-7-10/h2-4,6-7,15H,5,12H2,1H3,(H,13,14). The summed E-state index contributed by atoms with van der Waals surface area (Å²) in [6.45, 7) is 0.0850. The van der Waals surface area contributed by atoms with Gasteiger partial charge in [0.15, 0.2) is 0 Å². The summed E-state index contributed by atoms with van der Waals surface area (Å²) in [6, 6.07) is 5.04. The van der Waals surface area contributed by atoms with E-state index in [4.69, 9.17) is 10.5 Å². The molecular formula is C11H14N4O3S. The van der Waals surface area contributed by atoms with E-state index in [1.54, 1.807) is 18.2 Å². The van der Waals surface area contributed by atoms with Crippen LogP contribution in [-0.4, -0.2) is 25.7 Å². The number of sulfonamides is 1. The van der Waals surface area contributed by atoms with Crippen LogP contribution in [0.2, 0.25) is 0 Å². The lowest BCUT2D eigenvalue weighted by Crippen LogP contribution is -2.23. The second-order valence-electron chi connectivity index (χ2n) is 3.83. The molecule has 1 aromatic heterocycles. The largest absolute Gasteiger partial charge is 0.496 e. The summed E-state index contributed by atoms with van der Waals surface area (Å²) in [6.07, 6.45) is 2.54. The normalized spacial score (nSPS) is 11.4. The smallest absolute Gasteiger partial charge is 0.243 e.